The Kier molecular flexibility index (Phi) is 7.22. The fourth-order valence-corrected chi connectivity index (χ4v) is 8.98. The van der Waals surface area contributed by atoms with Crippen LogP contribution in [0.4, 0.5) is 0 Å². The van der Waals surface area contributed by atoms with Gasteiger partial charge in [0.25, 0.3) is 0 Å². The van der Waals surface area contributed by atoms with E-state index in [-0.39, 0.29) is 5.48 Å². The van der Waals surface area contributed by atoms with Crippen LogP contribution in [0.2, 0.25) is 0 Å². The van der Waals surface area contributed by atoms with Crippen molar-refractivity contribution in [1.82, 2.24) is 10.6 Å². The first-order valence-electron chi connectivity index (χ1n) is 12.4. The summed E-state index contributed by atoms with van der Waals surface area (Å²) in [5.41, 5.74) is 0. The molecule has 168 valence electrons. The summed E-state index contributed by atoms with van der Waals surface area (Å²) in [5, 5.41) is 24.8. The number of aliphatic hydroxyl groups excluding tert-OH is 2. The van der Waals surface area contributed by atoms with E-state index in [4.69, 9.17) is 10.2 Å². The number of nitrogens with one attached hydrogen (secondary N) is 2. The van der Waals surface area contributed by atoms with Crippen molar-refractivity contribution in [2.45, 2.75) is 76.3 Å². The quantitative estimate of drug-likeness (QED) is 0.540. The van der Waals surface area contributed by atoms with Gasteiger partial charge in [0.2, 0.25) is 0 Å². The minimum absolute atomic E-state index is 0. The van der Waals surface area contributed by atoms with Gasteiger partial charge < -0.3 is 26.3 Å². The third kappa shape index (κ3) is 4.55. The highest BCUT2D eigenvalue weighted by molar-refractivity contribution is 5.02. The summed E-state index contributed by atoms with van der Waals surface area (Å²) in [5.74, 6) is 8.01. The maximum atomic E-state index is 8.86. The van der Waals surface area contributed by atoms with Crippen LogP contribution in [0.3, 0.4) is 0 Å². The van der Waals surface area contributed by atoms with Gasteiger partial charge in [-0.05, 0) is 112 Å². The van der Waals surface area contributed by atoms with Gasteiger partial charge in [-0.3, -0.25) is 0 Å². The van der Waals surface area contributed by atoms with Crippen molar-refractivity contribution in [1.29, 1.82) is 0 Å². The number of hydrogen-bond donors (Lipinski definition) is 4. The number of hydrogen-bond acceptors (Lipinski definition) is 4. The van der Waals surface area contributed by atoms with E-state index >= 15 is 0 Å². The Bertz CT molecular complexity index is 426. The standard InChI is InChI=1S/2C12H21NO.H2O/c2*14-2-1-13-12-10-4-8-3-9(6-10)7-11(12)5-8;/h2*8-14H,1-7H2;1H2. The second-order valence-corrected chi connectivity index (χ2v) is 11.3. The van der Waals surface area contributed by atoms with E-state index in [9.17, 15) is 0 Å². The molecule has 8 fully saturated rings. The zero-order valence-electron chi connectivity index (χ0n) is 18.1. The summed E-state index contributed by atoms with van der Waals surface area (Å²) in [6.07, 6.45) is 14.8. The Morgan fingerprint density at radius 1 is 0.483 bits per heavy atom. The molecule has 0 unspecified atom stereocenters. The lowest BCUT2D eigenvalue weighted by atomic mass is 9.54. The monoisotopic (exact) mass is 408 g/mol. The summed E-state index contributed by atoms with van der Waals surface area (Å²) in [4.78, 5) is 0. The van der Waals surface area contributed by atoms with E-state index in [0.717, 1.165) is 72.5 Å². The molecule has 0 saturated heterocycles. The van der Waals surface area contributed by atoms with Crippen molar-refractivity contribution >= 4 is 0 Å². The molecule has 29 heavy (non-hydrogen) atoms. The normalized spacial score (nSPS) is 48.2. The molecule has 0 spiro atoms. The smallest absolute Gasteiger partial charge is 0.0556 e. The highest BCUT2D eigenvalue weighted by Gasteiger charge is 2.48. The lowest BCUT2D eigenvalue weighted by Gasteiger charge is -2.54. The minimum atomic E-state index is 0. The molecule has 8 bridgehead atoms. The van der Waals surface area contributed by atoms with Crippen LogP contribution >= 0.6 is 0 Å². The maximum Gasteiger partial charge on any atom is 0.0556 e. The lowest BCUT2D eigenvalue weighted by molar-refractivity contribution is -0.0146. The van der Waals surface area contributed by atoms with Gasteiger partial charge in [0.1, 0.15) is 0 Å². The molecule has 0 aromatic rings. The Labute approximate surface area is 176 Å². The van der Waals surface area contributed by atoms with E-state index < -0.39 is 0 Å². The van der Waals surface area contributed by atoms with Crippen LogP contribution in [0.1, 0.15) is 64.2 Å². The molecule has 6 N–H and O–H groups in total. The maximum absolute atomic E-state index is 8.86. The summed E-state index contributed by atoms with van der Waals surface area (Å²) < 4.78 is 0. The molecule has 0 heterocycles. The van der Waals surface area contributed by atoms with Gasteiger partial charge in [0, 0.05) is 25.2 Å². The Morgan fingerprint density at radius 3 is 1.00 bits per heavy atom. The second kappa shape index (κ2) is 9.52. The molecular formula is C24H44N2O3. The van der Waals surface area contributed by atoms with Crippen molar-refractivity contribution in [3.05, 3.63) is 0 Å². The molecular weight excluding hydrogens is 364 g/mol. The van der Waals surface area contributed by atoms with Gasteiger partial charge in [-0.15, -0.1) is 0 Å². The molecule has 8 rings (SSSR count). The largest absolute Gasteiger partial charge is 0.412 e. The Hall–Kier alpha value is -0.200. The topological polar surface area (TPSA) is 96.0 Å². The van der Waals surface area contributed by atoms with Crippen molar-refractivity contribution in [3.8, 4) is 0 Å². The van der Waals surface area contributed by atoms with Crippen LogP contribution in [0, 0.1) is 47.3 Å². The van der Waals surface area contributed by atoms with Crippen LogP contribution in [-0.2, 0) is 0 Å². The predicted molar refractivity (Wildman–Crippen MR) is 115 cm³/mol. The number of rotatable bonds is 6. The molecule has 0 radical (unpaired) electrons. The Balaban J connectivity index is 0.000000137. The average molecular weight is 409 g/mol. The average Bonchev–Trinajstić information content (AvgIpc) is 2.67. The lowest BCUT2D eigenvalue weighted by Crippen LogP contribution is -2.54. The van der Waals surface area contributed by atoms with Gasteiger partial charge in [0.05, 0.1) is 13.2 Å². The highest BCUT2D eigenvalue weighted by Crippen LogP contribution is 2.54. The minimum Gasteiger partial charge on any atom is -0.412 e. The van der Waals surface area contributed by atoms with Crippen LogP contribution in [0.15, 0.2) is 0 Å². The van der Waals surface area contributed by atoms with Crippen molar-refractivity contribution < 1.29 is 15.7 Å². The van der Waals surface area contributed by atoms with E-state index in [1.54, 1.807) is 0 Å². The third-order valence-corrected chi connectivity index (χ3v) is 9.44. The summed E-state index contributed by atoms with van der Waals surface area (Å²) in [6.45, 7) is 2.19. The van der Waals surface area contributed by atoms with Crippen molar-refractivity contribution in [2.24, 2.45) is 47.3 Å². The van der Waals surface area contributed by atoms with Crippen LogP contribution < -0.4 is 10.6 Å². The third-order valence-electron chi connectivity index (χ3n) is 9.44. The van der Waals surface area contributed by atoms with Crippen molar-refractivity contribution in [2.75, 3.05) is 26.3 Å². The molecule has 0 aliphatic heterocycles. The fraction of sp³-hybridized carbons (Fsp3) is 1.00. The molecule has 0 aromatic carbocycles. The van der Waals surface area contributed by atoms with Gasteiger partial charge in [-0.1, -0.05) is 0 Å². The zero-order chi connectivity index (χ0) is 19.1. The summed E-state index contributed by atoms with van der Waals surface area (Å²) >= 11 is 0. The molecule has 5 heteroatoms. The first-order valence-corrected chi connectivity index (χ1v) is 12.4. The van der Waals surface area contributed by atoms with Gasteiger partial charge in [-0.25, -0.2) is 0 Å². The van der Waals surface area contributed by atoms with Gasteiger partial charge in [-0.2, -0.15) is 0 Å². The molecule has 0 atom stereocenters. The van der Waals surface area contributed by atoms with Crippen LogP contribution in [-0.4, -0.2) is 54.1 Å². The predicted octanol–water partition coefficient (Wildman–Crippen LogP) is 1.96. The molecule has 8 aliphatic rings. The zero-order valence-corrected chi connectivity index (χ0v) is 18.1. The first kappa shape index (κ1) is 22.0. The highest BCUT2D eigenvalue weighted by atomic mass is 16.3. The van der Waals surface area contributed by atoms with E-state index in [1.165, 1.54) is 64.2 Å². The molecule has 8 aliphatic carbocycles. The van der Waals surface area contributed by atoms with E-state index in [0.29, 0.717) is 13.2 Å². The van der Waals surface area contributed by atoms with Gasteiger partial charge >= 0.3 is 0 Å². The van der Waals surface area contributed by atoms with Crippen molar-refractivity contribution in [3.63, 3.8) is 0 Å². The van der Waals surface area contributed by atoms with Gasteiger partial charge in [0.15, 0.2) is 0 Å². The van der Waals surface area contributed by atoms with Crippen LogP contribution in [0.25, 0.3) is 0 Å². The number of aliphatic hydroxyl groups is 2. The molecule has 0 amide bonds. The molecule has 8 saturated carbocycles. The first-order chi connectivity index (χ1) is 13.7. The Morgan fingerprint density at radius 2 is 0.759 bits per heavy atom. The fourth-order valence-electron chi connectivity index (χ4n) is 8.98. The van der Waals surface area contributed by atoms with E-state index in [2.05, 4.69) is 10.6 Å². The second-order valence-electron chi connectivity index (χ2n) is 11.3. The molecule has 5 nitrogen and oxygen atoms in total. The molecule has 0 aromatic heterocycles. The summed E-state index contributed by atoms with van der Waals surface area (Å²) in [7, 11) is 0. The van der Waals surface area contributed by atoms with Crippen LogP contribution in [0.5, 0.6) is 0 Å². The van der Waals surface area contributed by atoms with E-state index in [1.807, 2.05) is 0 Å². The SMILES string of the molecule is O.OCCNC1C2CC3CC(C2)CC1C3.OCCNC1C2CC3CC(C2)CC1C3. The summed E-state index contributed by atoms with van der Waals surface area (Å²) in [6, 6.07) is 1.49.